The van der Waals surface area contributed by atoms with Crippen LogP contribution < -0.4 is 5.32 Å². The van der Waals surface area contributed by atoms with Gasteiger partial charge in [-0.05, 0) is 0 Å². The topological polar surface area (TPSA) is 29.1 Å². The number of benzene rings is 1. The van der Waals surface area contributed by atoms with Gasteiger partial charge in [0.25, 0.3) is 0 Å². The zero-order valence-corrected chi connectivity index (χ0v) is 8.11. The van der Waals surface area contributed by atoms with Gasteiger partial charge in [-0.2, -0.15) is 0 Å². The molecule has 0 aliphatic heterocycles. The molecule has 0 fully saturated rings. The van der Waals surface area contributed by atoms with Crippen LogP contribution in [0, 0.1) is 17.5 Å². The zero-order chi connectivity index (χ0) is 11.4. The Bertz CT molecular complexity index is 356. The third-order valence-electron chi connectivity index (χ3n) is 1.89. The summed E-state index contributed by atoms with van der Waals surface area (Å²) in [6.45, 7) is 1.34. The zero-order valence-electron chi connectivity index (χ0n) is 8.11. The maximum absolute atomic E-state index is 13.0. The number of nitrogens with one attached hydrogen (secondary N) is 1. The lowest BCUT2D eigenvalue weighted by molar-refractivity contribution is -0.120. The van der Waals surface area contributed by atoms with E-state index >= 15 is 0 Å². The Morgan fingerprint density at radius 3 is 2.27 bits per heavy atom. The third-order valence-corrected chi connectivity index (χ3v) is 1.89. The van der Waals surface area contributed by atoms with E-state index in [9.17, 15) is 18.0 Å². The van der Waals surface area contributed by atoms with Crippen LogP contribution in [-0.2, 0) is 11.3 Å². The average Bonchev–Trinajstić information content (AvgIpc) is 2.15. The summed E-state index contributed by atoms with van der Waals surface area (Å²) in [7, 11) is 0. The van der Waals surface area contributed by atoms with Crippen molar-refractivity contribution in [2.24, 2.45) is 0 Å². The van der Waals surface area contributed by atoms with Crippen LogP contribution in [0.4, 0.5) is 13.2 Å². The van der Waals surface area contributed by atoms with Crippen molar-refractivity contribution in [3.05, 3.63) is 35.1 Å². The van der Waals surface area contributed by atoms with Gasteiger partial charge in [-0.25, -0.2) is 13.2 Å². The van der Waals surface area contributed by atoms with Gasteiger partial charge in [-0.15, -0.1) is 0 Å². The van der Waals surface area contributed by atoms with Gasteiger partial charge in [0.2, 0.25) is 5.91 Å². The van der Waals surface area contributed by atoms with E-state index in [0.29, 0.717) is 12.1 Å². The molecule has 1 N–H and O–H groups in total. The van der Waals surface area contributed by atoms with Crippen molar-refractivity contribution < 1.29 is 18.0 Å². The van der Waals surface area contributed by atoms with Crippen LogP contribution in [0.2, 0.25) is 0 Å². The molecule has 0 atom stereocenters. The highest BCUT2D eigenvalue weighted by atomic mass is 19.1. The number of rotatable bonds is 3. The Kier molecular flexibility index (Phi) is 3.71. The Hall–Kier alpha value is -1.52. The molecule has 5 heteroatoms. The van der Waals surface area contributed by atoms with Crippen molar-refractivity contribution in [1.82, 2.24) is 5.32 Å². The summed E-state index contributed by atoms with van der Waals surface area (Å²) in [5, 5.41) is 2.31. The van der Waals surface area contributed by atoms with Crippen molar-refractivity contribution in [2.75, 3.05) is 0 Å². The monoisotopic (exact) mass is 217 g/mol. The SMILES string of the molecule is CCC(=O)NCc1c(F)cc(F)cc1F. The molecular weight excluding hydrogens is 207 g/mol. The second-order valence-electron chi connectivity index (χ2n) is 2.98. The molecule has 0 spiro atoms. The molecule has 0 saturated carbocycles. The van der Waals surface area contributed by atoms with Crippen molar-refractivity contribution >= 4 is 5.91 Å². The van der Waals surface area contributed by atoms with Crippen LogP contribution in [-0.4, -0.2) is 5.91 Å². The van der Waals surface area contributed by atoms with Crippen LogP contribution in [0.25, 0.3) is 0 Å². The van der Waals surface area contributed by atoms with E-state index in [2.05, 4.69) is 5.32 Å². The first-order valence-corrected chi connectivity index (χ1v) is 4.44. The molecule has 82 valence electrons. The molecule has 1 amide bonds. The van der Waals surface area contributed by atoms with E-state index in [1.54, 1.807) is 6.92 Å². The van der Waals surface area contributed by atoms with Gasteiger partial charge < -0.3 is 5.32 Å². The first kappa shape index (κ1) is 11.6. The van der Waals surface area contributed by atoms with Crippen LogP contribution in [0.5, 0.6) is 0 Å². The summed E-state index contributed by atoms with van der Waals surface area (Å²) in [6, 6.07) is 1.16. The van der Waals surface area contributed by atoms with E-state index in [1.807, 2.05) is 0 Å². The Balaban J connectivity index is 2.81. The lowest BCUT2D eigenvalue weighted by Crippen LogP contribution is -2.22. The van der Waals surface area contributed by atoms with E-state index in [4.69, 9.17) is 0 Å². The van der Waals surface area contributed by atoms with Gasteiger partial charge in [-0.1, -0.05) is 6.92 Å². The number of carbonyl (C=O) groups excluding carboxylic acids is 1. The van der Waals surface area contributed by atoms with Crippen molar-refractivity contribution in [2.45, 2.75) is 19.9 Å². The largest absolute Gasteiger partial charge is 0.352 e. The number of carbonyl (C=O) groups is 1. The van der Waals surface area contributed by atoms with E-state index in [-0.39, 0.29) is 24.4 Å². The minimum Gasteiger partial charge on any atom is -0.352 e. The maximum atomic E-state index is 13.0. The summed E-state index contributed by atoms with van der Waals surface area (Å²) >= 11 is 0. The van der Waals surface area contributed by atoms with E-state index in [0.717, 1.165) is 0 Å². The fourth-order valence-electron chi connectivity index (χ4n) is 1.05. The molecule has 0 bridgehead atoms. The van der Waals surface area contributed by atoms with Crippen molar-refractivity contribution in [3.8, 4) is 0 Å². The second kappa shape index (κ2) is 4.82. The first-order valence-electron chi connectivity index (χ1n) is 4.44. The Morgan fingerprint density at radius 2 is 1.80 bits per heavy atom. The molecule has 1 aromatic rings. The number of hydrogen-bond donors (Lipinski definition) is 1. The molecule has 0 radical (unpaired) electrons. The molecule has 0 aromatic heterocycles. The van der Waals surface area contributed by atoms with Crippen molar-refractivity contribution in [1.29, 1.82) is 0 Å². The summed E-state index contributed by atoms with van der Waals surface area (Å²) in [4.78, 5) is 10.8. The molecule has 1 rings (SSSR count). The normalized spacial score (nSPS) is 10.1. The van der Waals surface area contributed by atoms with Crippen LogP contribution in [0.3, 0.4) is 0 Å². The maximum Gasteiger partial charge on any atom is 0.219 e. The molecule has 2 nitrogen and oxygen atoms in total. The summed E-state index contributed by atoms with van der Waals surface area (Å²) in [6.07, 6.45) is 0.227. The molecule has 0 saturated heterocycles. The minimum absolute atomic E-state index is 0.227. The fourth-order valence-corrected chi connectivity index (χ4v) is 1.05. The first-order chi connectivity index (χ1) is 7.04. The molecule has 0 aliphatic carbocycles. The van der Waals surface area contributed by atoms with E-state index in [1.165, 1.54) is 0 Å². The molecule has 1 aromatic carbocycles. The van der Waals surface area contributed by atoms with Crippen LogP contribution in [0.15, 0.2) is 12.1 Å². The molecule has 0 unspecified atom stereocenters. The van der Waals surface area contributed by atoms with Gasteiger partial charge >= 0.3 is 0 Å². The fraction of sp³-hybridized carbons (Fsp3) is 0.300. The van der Waals surface area contributed by atoms with Gasteiger partial charge in [0.1, 0.15) is 17.5 Å². The predicted octanol–water partition coefficient (Wildman–Crippen LogP) is 2.13. The molecule has 0 heterocycles. The molecule has 0 aliphatic rings. The Morgan fingerprint density at radius 1 is 1.27 bits per heavy atom. The number of halogens is 3. The van der Waals surface area contributed by atoms with Gasteiger partial charge in [0.05, 0.1) is 0 Å². The molecule has 15 heavy (non-hydrogen) atoms. The highest BCUT2D eigenvalue weighted by Gasteiger charge is 2.11. The standard InChI is InChI=1S/C10H10F3NO/c1-2-10(15)14-5-7-8(12)3-6(11)4-9(7)13/h3-4H,2,5H2,1H3,(H,14,15). The smallest absolute Gasteiger partial charge is 0.219 e. The lowest BCUT2D eigenvalue weighted by atomic mass is 10.2. The minimum atomic E-state index is -0.996. The third kappa shape index (κ3) is 2.97. The quantitative estimate of drug-likeness (QED) is 0.825. The predicted molar refractivity (Wildman–Crippen MR) is 48.5 cm³/mol. The average molecular weight is 217 g/mol. The van der Waals surface area contributed by atoms with Gasteiger partial charge in [0, 0.05) is 30.7 Å². The highest BCUT2D eigenvalue weighted by molar-refractivity contribution is 5.75. The summed E-state index contributed by atoms with van der Waals surface area (Å²) in [5.74, 6) is -3.29. The summed E-state index contributed by atoms with van der Waals surface area (Å²) in [5.41, 5.74) is -0.335. The van der Waals surface area contributed by atoms with Crippen LogP contribution >= 0.6 is 0 Å². The van der Waals surface area contributed by atoms with Crippen LogP contribution in [0.1, 0.15) is 18.9 Å². The summed E-state index contributed by atoms with van der Waals surface area (Å²) < 4.78 is 38.6. The Labute approximate surface area is 85.1 Å². The van der Waals surface area contributed by atoms with Gasteiger partial charge in [0.15, 0.2) is 0 Å². The number of amides is 1. The lowest BCUT2D eigenvalue weighted by Gasteiger charge is -2.06. The van der Waals surface area contributed by atoms with Crippen molar-refractivity contribution in [3.63, 3.8) is 0 Å². The second-order valence-corrected chi connectivity index (χ2v) is 2.98. The molecular formula is C10H10F3NO. The highest BCUT2D eigenvalue weighted by Crippen LogP contribution is 2.14. The number of hydrogen-bond acceptors (Lipinski definition) is 1. The van der Waals surface area contributed by atoms with Gasteiger partial charge in [-0.3, -0.25) is 4.79 Å². The van der Waals surface area contributed by atoms with E-state index < -0.39 is 17.5 Å².